The fourth-order valence-electron chi connectivity index (χ4n) is 9.51. The van der Waals surface area contributed by atoms with Crippen molar-refractivity contribution in [3.8, 4) is 0 Å². The Morgan fingerprint density at radius 1 is 0.931 bits per heavy atom. The molecule has 4 amide bonds. The largest absolute Gasteiger partial charge is 0.467 e. The van der Waals surface area contributed by atoms with Crippen LogP contribution in [0.25, 0.3) is 0 Å². The lowest BCUT2D eigenvalue weighted by molar-refractivity contribution is -0.149. The third kappa shape index (κ3) is 10.8. The number of carbonyl (C=O) groups is 5. The van der Waals surface area contributed by atoms with Crippen molar-refractivity contribution in [2.45, 2.75) is 154 Å². The van der Waals surface area contributed by atoms with E-state index >= 15 is 0 Å². The van der Waals surface area contributed by atoms with E-state index in [1.807, 2.05) is 45.7 Å². The number of hydrogen-bond donors (Lipinski definition) is 2. The second kappa shape index (κ2) is 21.1. The molecule has 13 heteroatoms. The van der Waals surface area contributed by atoms with Gasteiger partial charge in [0.1, 0.15) is 12.1 Å². The van der Waals surface area contributed by atoms with Crippen molar-refractivity contribution >= 4 is 29.6 Å². The zero-order chi connectivity index (χ0) is 42.9. The molecule has 0 radical (unpaired) electrons. The summed E-state index contributed by atoms with van der Waals surface area (Å²) in [5.41, 5.74) is 2.92. The zero-order valence-corrected chi connectivity index (χ0v) is 37.2. The minimum Gasteiger partial charge on any atom is -0.467 e. The number of likely N-dealkylation sites (N-methyl/N-ethyl adjacent to an activating group) is 2. The molecule has 4 rings (SSSR count). The van der Waals surface area contributed by atoms with Crippen LogP contribution < -0.4 is 10.6 Å². The van der Waals surface area contributed by atoms with E-state index in [9.17, 15) is 24.0 Å². The lowest BCUT2D eigenvalue weighted by atomic mass is 9.89. The molecule has 2 heterocycles. The maximum atomic E-state index is 14.3. The van der Waals surface area contributed by atoms with Crippen LogP contribution in [0.1, 0.15) is 110 Å². The summed E-state index contributed by atoms with van der Waals surface area (Å²) in [6.07, 6.45) is 7.20. The third-order valence-electron chi connectivity index (χ3n) is 13.6. The smallest absolute Gasteiger partial charge is 0.328 e. The second-order valence-corrected chi connectivity index (χ2v) is 17.7. The van der Waals surface area contributed by atoms with Gasteiger partial charge >= 0.3 is 5.97 Å². The van der Waals surface area contributed by atoms with Crippen LogP contribution >= 0.6 is 0 Å². The van der Waals surface area contributed by atoms with Gasteiger partial charge in [-0.25, -0.2) is 4.79 Å². The number of nitrogens with zero attached hydrogens (tertiary/aromatic N) is 3. The van der Waals surface area contributed by atoms with Crippen molar-refractivity contribution in [1.82, 2.24) is 25.3 Å². The highest BCUT2D eigenvalue weighted by Crippen LogP contribution is 2.31. The molecule has 0 aromatic heterocycles. The lowest BCUT2D eigenvalue weighted by Gasteiger charge is -2.41. The van der Waals surface area contributed by atoms with Crippen LogP contribution in [-0.2, 0) is 57.4 Å². The van der Waals surface area contributed by atoms with Gasteiger partial charge in [0.25, 0.3) is 0 Å². The fourth-order valence-corrected chi connectivity index (χ4v) is 9.51. The van der Waals surface area contributed by atoms with Crippen LogP contribution in [0.3, 0.4) is 0 Å². The van der Waals surface area contributed by atoms with Crippen molar-refractivity contribution in [2.24, 2.45) is 17.8 Å². The van der Waals surface area contributed by atoms with Crippen LogP contribution in [0, 0.1) is 17.8 Å². The van der Waals surface area contributed by atoms with Gasteiger partial charge in [-0.2, -0.15) is 0 Å². The van der Waals surface area contributed by atoms with Gasteiger partial charge in [0.05, 0.1) is 49.3 Å². The normalized spacial score (nSPS) is 23.2. The number of hydrogen-bond acceptors (Lipinski definition) is 9. The maximum Gasteiger partial charge on any atom is 0.328 e. The molecule has 0 spiro atoms. The molecule has 0 saturated carbocycles. The van der Waals surface area contributed by atoms with E-state index in [-0.39, 0.29) is 47.9 Å². The number of aryl methyl sites for hydroxylation is 2. The van der Waals surface area contributed by atoms with Crippen LogP contribution in [0.4, 0.5) is 0 Å². The van der Waals surface area contributed by atoms with E-state index in [0.29, 0.717) is 19.4 Å². The molecule has 13 nitrogen and oxygen atoms in total. The number of ether oxygens (including phenoxy) is 3. The number of benzene rings is 1. The van der Waals surface area contributed by atoms with E-state index in [1.54, 1.807) is 38.0 Å². The molecular weight excluding hydrogens is 739 g/mol. The van der Waals surface area contributed by atoms with E-state index in [4.69, 9.17) is 14.2 Å². The molecule has 326 valence electrons. The van der Waals surface area contributed by atoms with Gasteiger partial charge in [0.15, 0.2) is 0 Å². The molecule has 0 bridgehead atoms. The summed E-state index contributed by atoms with van der Waals surface area (Å²) in [5, 5.41) is 6.03. The van der Waals surface area contributed by atoms with Gasteiger partial charge < -0.3 is 34.6 Å². The van der Waals surface area contributed by atoms with Crippen LogP contribution in [0.2, 0.25) is 0 Å². The minimum absolute atomic E-state index is 0.0173. The monoisotopic (exact) mass is 812 g/mol. The summed E-state index contributed by atoms with van der Waals surface area (Å²) in [7, 11) is 8.12. The van der Waals surface area contributed by atoms with Gasteiger partial charge in [-0.05, 0) is 100 Å². The summed E-state index contributed by atoms with van der Waals surface area (Å²) in [5.74, 6) is -2.29. The number of esters is 1. The number of likely N-dealkylation sites (tertiary alicyclic amines) is 2. The average Bonchev–Trinajstić information content (AvgIpc) is 3.84. The summed E-state index contributed by atoms with van der Waals surface area (Å²) >= 11 is 0. The molecule has 1 aliphatic carbocycles. The third-order valence-corrected chi connectivity index (χ3v) is 13.6. The fraction of sp³-hybridized carbons (Fsp3) is 0.756. The summed E-state index contributed by atoms with van der Waals surface area (Å²) in [4.78, 5) is 74.6. The molecule has 2 saturated heterocycles. The summed E-state index contributed by atoms with van der Waals surface area (Å²) < 4.78 is 17.2. The van der Waals surface area contributed by atoms with Crippen molar-refractivity contribution in [3.05, 3.63) is 34.9 Å². The van der Waals surface area contributed by atoms with E-state index < -0.39 is 47.8 Å². The number of carbonyl (C=O) groups excluding carboxylic acids is 5. The Labute approximate surface area is 347 Å². The number of methoxy groups -OCH3 is 3. The Bertz CT molecular complexity index is 1590. The molecule has 2 fully saturated rings. The average molecular weight is 812 g/mol. The molecule has 1 aromatic rings. The Morgan fingerprint density at radius 3 is 2.21 bits per heavy atom. The Kier molecular flexibility index (Phi) is 17.2. The molecule has 2 aliphatic heterocycles. The maximum absolute atomic E-state index is 14.3. The Morgan fingerprint density at radius 2 is 1.62 bits per heavy atom. The van der Waals surface area contributed by atoms with Crippen LogP contribution in [-0.4, -0.2) is 135 Å². The van der Waals surface area contributed by atoms with Crippen molar-refractivity contribution in [2.75, 3.05) is 48.5 Å². The highest BCUT2D eigenvalue weighted by atomic mass is 16.5. The van der Waals surface area contributed by atoms with Crippen molar-refractivity contribution < 1.29 is 38.2 Å². The summed E-state index contributed by atoms with van der Waals surface area (Å²) in [6, 6.07) is 3.83. The molecule has 3 aliphatic rings. The predicted molar refractivity (Wildman–Crippen MR) is 224 cm³/mol. The van der Waals surface area contributed by atoms with Crippen molar-refractivity contribution in [1.29, 1.82) is 0 Å². The molecular formula is C45H73N5O8. The highest BCUT2D eigenvalue weighted by Gasteiger charge is 2.45. The summed E-state index contributed by atoms with van der Waals surface area (Å²) in [6.45, 7) is 13.0. The number of nitrogens with one attached hydrogen (secondary N) is 2. The minimum atomic E-state index is -0.879. The first-order valence-electron chi connectivity index (χ1n) is 21.7. The van der Waals surface area contributed by atoms with E-state index in [0.717, 1.165) is 57.1 Å². The molecule has 0 unspecified atom stereocenters. The first-order chi connectivity index (χ1) is 27.5. The van der Waals surface area contributed by atoms with E-state index in [2.05, 4.69) is 29.7 Å². The highest BCUT2D eigenvalue weighted by molar-refractivity contribution is 5.92. The van der Waals surface area contributed by atoms with Crippen LogP contribution in [0.5, 0.6) is 0 Å². The Hall–Kier alpha value is -3.55. The van der Waals surface area contributed by atoms with Crippen molar-refractivity contribution in [3.63, 3.8) is 0 Å². The number of amides is 4. The quantitative estimate of drug-likeness (QED) is 0.195. The van der Waals surface area contributed by atoms with Gasteiger partial charge in [-0.3, -0.25) is 24.1 Å². The lowest BCUT2D eigenvalue weighted by Crippen LogP contribution is -2.61. The Balaban J connectivity index is 1.47. The first-order valence-corrected chi connectivity index (χ1v) is 21.7. The second-order valence-electron chi connectivity index (χ2n) is 17.7. The standard InChI is InChI=1S/C45H73N5O8/c1-12-29(4)39(49(8)42(53)38(28(2)3)47-44(55)45(6)22-16-23-48(45)7)36(56-9)27-37(51)50-24-15-19-35(50)40(57-10)30(5)41(52)46-34(43(54)58-11)26-31-20-21-32-17-13-14-18-33(32)25-31/h20-21,25,28-30,34-36,38-40H,12-19,22-24,26-27H2,1-11H3,(H,46,52)(H,47,55)/t29-,30+,34-,35-,36+,38-,39-,40+,45+/m0/s1. The van der Waals surface area contributed by atoms with Gasteiger partial charge in [0, 0.05) is 34.2 Å². The van der Waals surface area contributed by atoms with Crippen LogP contribution in [0.15, 0.2) is 18.2 Å². The molecule has 58 heavy (non-hydrogen) atoms. The molecule has 9 atom stereocenters. The number of fused-ring (bicyclic) bond motifs is 1. The number of rotatable bonds is 19. The topological polar surface area (TPSA) is 147 Å². The van der Waals surface area contributed by atoms with Gasteiger partial charge in [-0.1, -0.05) is 59.2 Å². The zero-order valence-electron chi connectivity index (χ0n) is 37.2. The SMILES string of the molecule is CC[C@H](C)[C@@H]([C@@H](CC(=O)N1CCC[C@H]1[C@H](OC)[C@@H](C)C(=O)N[C@@H](Cc1ccc2c(c1)CCCC2)C(=O)OC)OC)N(C)C(=O)[C@@H](NC(=O)[C@@]1(C)CCCN1C)C(C)C. The van der Waals surface area contributed by atoms with Gasteiger partial charge in [0.2, 0.25) is 23.6 Å². The first kappa shape index (κ1) is 47.1. The molecule has 2 N–H and O–H groups in total. The van der Waals surface area contributed by atoms with E-state index in [1.165, 1.54) is 24.7 Å². The predicted octanol–water partition coefficient (Wildman–Crippen LogP) is 4.31. The van der Waals surface area contributed by atoms with Gasteiger partial charge in [-0.15, -0.1) is 0 Å². The molecule has 1 aromatic carbocycles.